The van der Waals surface area contributed by atoms with E-state index in [1.807, 2.05) is 54.6 Å². The molecule has 0 N–H and O–H groups in total. The van der Waals surface area contributed by atoms with Crippen molar-refractivity contribution >= 4 is 33.7 Å². The van der Waals surface area contributed by atoms with E-state index in [0.717, 1.165) is 32.3 Å². The number of hydrogen-bond donors (Lipinski definition) is 0. The van der Waals surface area contributed by atoms with Crippen molar-refractivity contribution in [2.24, 2.45) is 0 Å². The maximum absolute atomic E-state index is 5.23. The van der Waals surface area contributed by atoms with E-state index in [1.54, 1.807) is 25.6 Å². The van der Waals surface area contributed by atoms with Gasteiger partial charge in [-0.3, -0.25) is 0 Å². The number of benzene rings is 2. The van der Waals surface area contributed by atoms with Crippen LogP contribution < -0.4 is 9.47 Å². The summed E-state index contributed by atoms with van der Waals surface area (Å²) >= 11 is 1.65. The maximum atomic E-state index is 5.23. The van der Waals surface area contributed by atoms with Gasteiger partial charge in [-0.2, -0.15) is 0 Å². The second kappa shape index (κ2) is 5.97. The Morgan fingerprint density at radius 1 is 0.952 bits per heavy atom. The van der Waals surface area contributed by atoms with E-state index < -0.39 is 0 Å². The molecule has 1 heterocycles. The lowest BCUT2D eigenvalue weighted by Crippen LogP contribution is -1.82. The molecule has 21 heavy (non-hydrogen) atoms. The molecule has 2 aromatic carbocycles. The number of nitrogens with zero attached hydrogens (tertiary/aromatic N) is 1. The van der Waals surface area contributed by atoms with Crippen LogP contribution in [0.4, 0.5) is 0 Å². The summed E-state index contributed by atoms with van der Waals surface area (Å²) in [6.45, 7) is 0. The van der Waals surface area contributed by atoms with Crippen LogP contribution in [-0.4, -0.2) is 19.2 Å². The van der Waals surface area contributed by atoms with Crippen LogP contribution in [0.25, 0.3) is 22.4 Å². The first-order valence-corrected chi connectivity index (χ1v) is 7.37. The first kappa shape index (κ1) is 13.6. The van der Waals surface area contributed by atoms with Gasteiger partial charge in [0.25, 0.3) is 0 Å². The molecule has 0 saturated heterocycles. The number of aromatic nitrogens is 1. The first-order chi connectivity index (χ1) is 10.3. The summed E-state index contributed by atoms with van der Waals surface area (Å²) < 4.78 is 11.6. The Morgan fingerprint density at radius 3 is 2.57 bits per heavy atom. The lowest BCUT2D eigenvalue weighted by molar-refractivity contribution is 0.414. The summed E-state index contributed by atoms with van der Waals surface area (Å²) in [5.41, 5.74) is 2.08. The van der Waals surface area contributed by atoms with Crippen molar-refractivity contribution in [2.45, 2.75) is 0 Å². The molecule has 0 spiro atoms. The Bertz CT molecular complexity index is 792. The zero-order valence-corrected chi connectivity index (χ0v) is 12.7. The predicted molar refractivity (Wildman–Crippen MR) is 88.1 cm³/mol. The highest BCUT2D eigenvalue weighted by Crippen LogP contribution is 2.27. The largest absolute Gasteiger partial charge is 0.497 e. The van der Waals surface area contributed by atoms with Crippen LogP contribution in [0.5, 0.6) is 11.5 Å². The van der Waals surface area contributed by atoms with Crippen LogP contribution in [-0.2, 0) is 0 Å². The van der Waals surface area contributed by atoms with Gasteiger partial charge in [-0.05, 0) is 42.0 Å². The highest BCUT2D eigenvalue weighted by atomic mass is 32.1. The Balaban J connectivity index is 1.88. The third-order valence-electron chi connectivity index (χ3n) is 3.12. The van der Waals surface area contributed by atoms with Crippen molar-refractivity contribution in [2.75, 3.05) is 14.2 Å². The molecule has 1 aromatic heterocycles. The summed E-state index contributed by atoms with van der Waals surface area (Å²) in [4.78, 5) is 4.59. The van der Waals surface area contributed by atoms with Crippen molar-refractivity contribution in [1.29, 1.82) is 0 Å². The molecule has 3 rings (SSSR count). The molecule has 3 aromatic rings. The molecule has 0 aliphatic heterocycles. The smallest absolute Gasteiger partial charge is 0.120 e. The lowest BCUT2D eigenvalue weighted by atomic mass is 10.2. The SMILES string of the molecule is COc1cccc(/C=C/c2nc3ccc(OC)cc3s2)c1. The Morgan fingerprint density at radius 2 is 1.76 bits per heavy atom. The highest BCUT2D eigenvalue weighted by Gasteiger charge is 2.02. The van der Waals surface area contributed by atoms with Crippen molar-refractivity contribution in [1.82, 2.24) is 4.98 Å². The van der Waals surface area contributed by atoms with Gasteiger partial charge in [-0.25, -0.2) is 4.98 Å². The topological polar surface area (TPSA) is 31.4 Å². The average Bonchev–Trinajstić information content (AvgIpc) is 2.95. The van der Waals surface area contributed by atoms with E-state index in [1.165, 1.54) is 0 Å². The van der Waals surface area contributed by atoms with Gasteiger partial charge in [0, 0.05) is 0 Å². The van der Waals surface area contributed by atoms with Gasteiger partial charge in [0.05, 0.1) is 24.4 Å². The van der Waals surface area contributed by atoms with Gasteiger partial charge in [0.1, 0.15) is 16.5 Å². The van der Waals surface area contributed by atoms with Crippen molar-refractivity contribution < 1.29 is 9.47 Å². The number of thiazole rings is 1. The van der Waals surface area contributed by atoms with Gasteiger partial charge < -0.3 is 9.47 Å². The Labute approximate surface area is 127 Å². The Kier molecular flexibility index (Phi) is 3.88. The van der Waals surface area contributed by atoms with E-state index in [0.29, 0.717) is 0 Å². The summed E-state index contributed by atoms with van der Waals surface area (Å²) in [6.07, 6.45) is 4.06. The number of methoxy groups -OCH3 is 2. The van der Waals surface area contributed by atoms with Crippen LogP contribution in [0.2, 0.25) is 0 Å². The summed E-state index contributed by atoms with van der Waals surface area (Å²) in [7, 11) is 3.34. The van der Waals surface area contributed by atoms with Gasteiger partial charge in [0.2, 0.25) is 0 Å². The predicted octanol–water partition coefficient (Wildman–Crippen LogP) is 4.48. The zero-order valence-electron chi connectivity index (χ0n) is 11.9. The molecule has 0 amide bonds. The van der Waals surface area contributed by atoms with Crippen LogP contribution in [0.15, 0.2) is 42.5 Å². The van der Waals surface area contributed by atoms with E-state index >= 15 is 0 Å². The average molecular weight is 297 g/mol. The van der Waals surface area contributed by atoms with Crippen molar-refractivity contribution in [3.63, 3.8) is 0 Å². The molecule has 0 saturated carbocycles. The molecule has 3 nitrogen and oxygen atoms in total. The Hall–Kier alpha value is -2.33. The number of rotatable bonds is 4. The minimum absolute atomic E-state index is 0.853. The van der Waals surface area contributed by atoms with E-state index in [2.05, 4.69) is 4.98 Å². The third-order valence-corrected chi connectivity index (χ3v) is 4.11. The monoisotopic (exact) mass is 297 g/mol. The zero-order chi connectivity index (χ0) is 14.7. The summed E-state index contributed by atoms with van der Waals surface area (Å²) in [5, 5.41) is 0.973. The number of hydrogen-bond acceptors (Lipinski definition) is 4. The van der Waals surface area contributed by atoms with Crippen LogP contribution in [0.3, 0.4) is 0 Å². The third kappa shape index (κ3) is 3.06. The fourth-order valence-corrected chi connectivity index (χ4v) is 2.93. The molecular formula is C17H15NO2S. The van der Waals surface area contributed by atoms with Crippen molar-refractivity contribution in [3.05, 3.63) is 53.0 Å². The fraction of sp³-hybridized carbons (Fsp3) is 0.118. The molecule has 0 bridgehead atoms. The second-order valence-electron chi connectivity index (χ2n) is 4.50. The molecule has 0 atom stereocenters. The number of fused-ring (bicyclic) bond motifs is 1. The molecule has 0 unspecified atom stereocenters. The molecule has 4 heteroatoms. The number of ether oxygens (including phenoxy) is 2. The van der Waals surface area contributed by atoms with Crippen LogP contribution in [0.1, 0.15) is 10.6 Å². The van der Waals surface area contributed by atoms with Crippen LogP contribution >= 0.6 is 11.3 Å². The molecule has 0 aliphatic carbocycles. The minimum atomic E-state index is 0.853. The second-order valence-corrected chi connectivity index (χ2v) is 5.56. The molecular weight excluding hydrogens is 282 g/mol. The normalized spacial score (nSPS) is 11.1. The van der Waals surface area contributed by atoms with Gasteiger partial charge in [-0.1, -0.05) is 18.2 Å². The van der Waals surface area contributed by atoms with Crippen LogP contribution in [0, 0.1) is 0 Å². The molecule has 0 radical (unpaired) electrons. The first-order valence-electron chi connectivity index (χ1n) is 6.55. The van der Waals surface area contributed by atoms with Gasteiger partial charge in [-0.15, -0.1) is 11.3 Å². The highest BCUT2D eigenvalue weighted by molar-refractivity contribution is 7.19. The molecule has 106 valence electrons. The lowest BCUT2D eigenvalue weighted by Gasteiger charge is -1.99. The fourth-order valence-electron chi connectivity index (χ4n) is 2.03. The molecule has 0 fully saturated rings. The van der Waals surface area contributed by atoms with E-state index in [4.69, 9.17) is 9.47 Å². The van der Waals surface area contributed by atoms with Gasteiger partial charge >= 0.3 is 0 Å². The van der Waals surface area contributed by atoms with Gasteiger partial charge in [0.15, 0.2) is 0 Å². The van der Waals surface area contributed by atoms with Crippen molar-refractivity contribution in [3.8, 4) is 11.5 Å². The maximum Gasteiger partial charge on any atom is 0.120 e. The summed E-state index contributed by atoms with van der Waals surface area (Å²) in [5.74, 6) is 1.71. The minimum Gasteiger partial charge on any atom is -0.497 e. The summed E-state index contributed by atoms with van der Waals surface area (Å²) in [6, 6.07) is 13.9. The molecule has 0 aliphatic rings. The van der Waals surface area contributed by atoms with E-state index in [9.17, 15) is 0 Å². The van der Waals surface area contributed by atoms with E-state index in [-0.39, 0.29) is 0 Å². The standard InChI is InChI=1S/C17H15NO2S/c1-19-13-5-3-4-12(10-13)6-9-17-18-15-8-7-14(20-2)11-16(15)21-17/h3-11H,1-2H3/b9-6+. The quantitative estimate of drug-likeness (QED) is 0.711.